The normalized spacial score (nSPS) is 10.8. The average Bonchev–Trinajstić information content (AvgIpc) is 2.28. The van der Waals surface area contributed by atoms with Gasteiger partial charge in [-0.25, -0.2) is 4.57 Å². The summed E-state index contributed by atoms with van der Waals surface area (Å²) in [4.78, 5) is 23.4. The smallest absolute Gasteiger partial charge is 0.396 e. The molecule has 0 radical (unpaired) electrons. The van der Waals surface area contributed by atoms with Crippen LogP contribution in [0.25, 0.3) is 0 Å². The summed E-state index contributed by atoms with van der Waals surface area (Å²) in [5.74, 6) is 0.440. The van der Waals surface area contributed by atoms with Gasteiger partial charge in [0.2, 0.25) is 0 Å². The van der Waals surface area contributed by atoms with E-state index in [1.54, 1.807) is 4.90 Å². The van der Waals surface area contributed by atoms with E-state index in [4.69, 9.17) is 39.7 Å². The van der Waals surface area contributed by atoms with E-state index in [-0.39, 0.29) is 19.8 Å². The molecule has 0 heterocycles. The lowest BCUT2D eigenvalue weighted by molar-refractivity contribution is 0.136. The summed E-state index contributed by atoms with van der Waals surface area (Å²) in [5.41, 5.74) is 0. The van der Waals surface area contributed by atoms with Crippen molar-refractivity contribution >= 4 is 7.82 Å². The van der Waals surface area contributed by atoms with Crippen molar-refractivity contribution in [2.45, 2.75) is 13.8 Å². The number of rotatable bonds is 7. The summed E-state index contributed by atoms with van der Waals surface area (Å²) in [5, 5.41) is 33.6. The van der Waals surface area contributed by atoms with E-state index < -0.39 is 7.82 Å². The third-order valence-electron chi connectivity index (χ3n) is 1.61. The molecule has 0 saturated carbocycles. The van der Waals surface area contributed by atoms with E-state index in [1.165, 1.54) is 0 Å². The van der Waals surface area contributed by atoms with Crippen molar-refractivity contribution in [2.24, 2.45) is 5.92 Å². The number of hydrogen-bond acceptors (Lipinski definition) is 6. The van der Waals surface area contributed by atoms with Gasteiger partial charge in [-0.2, -0.15) is 0 Å². The molecule has 0 atom stereocenters. The average molecular weight is 321 g/mol. The highest BCUT2D eigenvalue weighted by Crippen LogP contribution is 2.25. The number of nitrogens with zero attached hydrogens (tertiary/aromatic N) is 1. The minimum absolute atomic E-state index is 0.0694. The molecule has 126 valence electrons. The molecule has 0 rings (SSSR count). The maximum absolute atomic E-state index is 8.88. The van der Waals surface area contributed by atoms with Crippen LogP contribution in [0.1, 0.15) is 13.8 Å². The molecule has 0 aliphatic carbocycles. The van der Waals surface area contributed by atoms with Crippen LogP contribution in [0.5, 0.6) is 0 Å². The summed E-state index contributed by atoms with van der Waals surface area (Å²) in [6.07, 6.45) is 0. The van der Waals surface area contributed by atoms with E-state index in [0.29, 0.717) is 32.2 Å². The number of phosphoric acid groups is 1. The van der Waals surface area contributed by atoms with Crippen molar-refractivity contribution < 1.29 is 39.7 Å². The van der Waals surface area contributed by atoms with Gasteiger partial charge in [0.25, 0.3) is 0 Å². The monoisotopic (exact) mass is 321 g/mol. The Balaban J connectivity index is -0.000000244. The van der Waals surface area contributed by atoms with Crippen LogP contribution in [0.2, 0.25) is 0 Å². The van der Waals surface area contributed by atoms with Crippen LogP contribution in [0.4, 0.5) is 0 Å². The molecule has 0 aromatic heterocycles. The first-order valence-electron chi connectivity index (χ1n) is 6.06. The molecule has 0 saturated heterocycles. The van der Waals surface area contributed by atoms with Gasteiger partial charge in [0.1, 0.15) is 0 Å². The highest BCUT2D eigenvalue weighted by molar-refractivity contribution is 7.45. The minimum atomic E-state index is -4.64. The maximum atomic E-state index is 8.88. The van der Waals surface area contributed by atoms with Gasteiger partial charge >= 0.3 is 7.82 Å². The fourth-order valence-electron chi connectivity index (χ4n) is 0.760. The summed E-state index contributed by atoms with van der Waals surface area (Å²) in [6, 6.07) is 0. The Labute approximate surface area is 119 Å². The molecule has 0 aliphatic rings. The zero-order valence-corrected chi connectivity index (χ0v) is 12.9. The molecule has 0 amide bonds. The van der Waals surface area contributed by atoms with E-state index >= 15 is 0 Å². The number of aliphatic hydroxyl groups excluding tert-OH is 4. The first-order chi connectivity index (χ1) is 9.12. The topological polar surface area (TPSA) is 162 Å². The molecule has 0 aromatic rings. The van der Waals surface area contributed by atoms with Gasteiger partial charge < -0.3 is 35.1 Å². The van der Waals surface area contributed by atoms with Gasteiger partial charge in [-0.15, -0.1) is 0 Å². The molecular weight excluding hydrogens is 293 g/mol. The van der Waals surface area contributed by atoms with Crippen LogP contribution in [0, 0.1) is 5.92 Å². The molecule has 9 nitrogen and oxygen atoms in total. The number of aliphatic hydroxyl groups is 4. The van der Waals surface area contributed by atoms with Crippen LogP contribution in [-0.2, 0) is 4.57 Å². The van der Waals surface area contributed by atoms with Crippen LogP contribution >= 0.6 is 7.82 Å². The van der Waals surface area contributed by atoms with Crippen molar-refractivity contribution in [3.05, 3.63) is 0 Å². The Kier molecular flexibility index (Phi) is 21.1. The van der Waals surface area contributed by atoms with Gasteiger partial charge in [-0.1, -0.05) is 13.8 Å². The van der Waals surface area contributed by atoms with Crippen molar-refractivity contribution in [1.82, 2.24) is 4.90 Å². The molecule has 0 spiro atoms. The Morgan fingerprint density at radius 2 is 1.05 bits per heavy atom. The summed E-state index contributed by atoms with van der Waals surface area (Å²) < 4.78 is 8.88. The lowest BCUT2D eigenvalue weighted by atomic mass is 10.2. The fourth-order valence-corrected chi connectivity index (χ4v) is 0.760. The first kappa shape index (κ1) is 24.9. The molecule has 0 aromatic carbocycles. The standard InChI is InChI=1S/C6H15NO3.C4H10O.H3O4P/c8-4-1-7(2-5-9)3-6-10;1-4(2)3-5;1-5(2,3)4/h8-10H,1-6H2;4-5H,3H2,1-2H3;(H3,1,2,3,4). The molecule has 0 aliphatic heterocycles. The molecule has 0 bridgehead atoms. The minimum Gasteiger partial charge on any atom is -0.396 e. The SMILES string of the molecule is CC(C)CO.O=P(O)(O)O.OCCN(CCO)CCO. The van der Waals surface area contributed by atoms with Crippen molar-refractivity contribution in [3.8, 4) is 0 Å². The van der Waals surface area contributed by atoms with Gasteiger partial charge in [0.05, 0.1) is 19.8 Å². The summed E-state index contributed by atoms with van der Waals surface area (Å²) in [7, 11) is -4.64. The van der Waals surface area contributed by atoms with Crippen molar-refractivity contribution in [3.63, 3.8) is 0 Å². The van der Waals surface area contributed by atoms with Gasteiger partial charge in [0, 0.05) is 26.2 Å². The van der Waals surface area contributed by atoms with Crippen LogP contribution in [0.3, 0.4) is 0 Å². The zero-order chi connectivity index (χ0) is 16.6. The summed E-state index contributed by atoms with van der Waals surface area (Å²) in [6.45, 7) is 6.00. The van der Waals surface area contributed by atoms with E-state index in [0.717, 1.165) is 0 Å². The van der Waals surface area contributed by atoms with Gasteiger partial charge in [-0.3, -0.25) is 4.90 Å². The van der Waals surface area contributed by atoms with Gasteiger partial charge in [-0.05, 0) is 5.92 Å². The largest absolute Gasteiger partial charge is 0.466 e. The van der Waals surface area contributed by atoms with Crippen molar-refractivity contribution in [2.75, 3.05) is 46.1 Å². The van der Waals surface area contributed by atoms with Crippen LogP contribution in [-0.4, -0.2) is 86.1 Å². The lowest BCUT2D eigenvalue weighted by Gasteiger charge is -2.17. The lowest BCUT2D eigenvalue weighted by Crippen LogP contribution is -2.32. The van der Waals surface area contributed by atoms with Crippen molar-refractivity contribution in [1.29, 1.82) is 0 Å². The number of hydrogen-bond donors (Lipinski definition) is 7. The predicted octanol–water partition coefficient (Wildman–Crippen LogP) is -2.03. The third-order valence-corrected chi connectivity index (χ3v) is 1.61. The predicted molar refractivity (Wildman–Crippen MR) is 73.9 cm³/mol. The van der Waals surface area contributed by atoms with Crippen LogP contribution in [0.15, 0.2) is 0 Å². The molecular formula is C10H28NO8P. The highest BCUT2D eigenvalue weighted by Gasteiger charge is 2.00. The Morgan fingerprint density at radius 3 is 1.15 bits per heavy atom. The molecule has 7 N–H and O–H groups in total. The second-order valence-corrected chi connectivity index (χ2v) is 5.13. The maximum Gasteiger partial charge on any atom is 0.466 e. The Hall–Kier alpha value is -0.0900. The summed E-state index contributed by atoms with van der Waals surface area (Å²) >= 11 is 0. The van der Waals surface area contributed by atoms with Gasteiger partial charge in [0.15, 0.2) is 0 Å². The molecule has 10 heteroatoms. The van der Waals surface area contributed by atoms with E-state index in [2.05, 4.69) is 0 Å². The second kappa shape index (κ2) is 17.0. The molecule has 0 fully saturated rings. The van der Waals surface area contributed by atoms with E-state index in [9.17, 15) is 0 Å². The quantitative estimate of drug-likeness (QED) is 0.262. The Morgan fingerprint density at radius 1 is 0.850 bits per heavy atom. The molecule has 20 heavy (non-hydrogen) atoms. The van der Waals surface area contributed by atoms with Crippen LogP contribution < -0.4 is 0 Å². The van der Waals surface area contributed by atoms with E-state index in [1.807, 2.05) is 13.8 Å². The first-order valence-corrected chi connectivity index (χ1v) is 7.62. The third kappa shape index (κ3) is 43.0. The fraction of sp³-hybridized carbons (Fsp3) is 1.00. The molecule has 0 unspecified atom stereocenters. The highest BCUT2D eigenvalue weighted by atomic mass is 31.2. The zero-order valence-electron chi connectivity index (χ0n) is 12.0. The Bertz CT molecular complexity index is 201. The second-order valence-electron chi connectivity index (χ2n) is 4.10.